The normalized spacial score (nSPS) is 16.8. The van der Waals surface area contributed by atoms with Crippen LogP contribution in [0.25, 0.3) is 0 Å². The molecule has 1 atom stereocenters. The van der Waals surface area contributed by atoms with Gasteiger partial charge in [0.25, 0.3) is 15.9 Å². The number of carbonyl (C=O) groups is 2. The SMILES string of the molecule is CN1CCC(N2CCN(C(=O)C(Cc3ccc(O)cc3)NC(=O)c3ccc(S(=O)(=O)Nc4ccccc4Oc4ccccc4)cc3)CC2)CC1. The number of sulfonamides is 1. The van der Waals surface area contributed by atoms with Gasteiger partial charge in [0.05, 0.1) is 10.6 Å². The Balaban J connectivity index is 1.12. The number of phenolic OH excluding ortho intramolecular Hbond substituents is 1. The number of para-hydroxylation sites is 3. The summed E-state index contributed by atoms with van der Waals surface area (Å²) in [6.45, 7) is 4.87. The lowest BCUT2D eigenvalue weighted by Crippen LogP contribution is -2.57. The lowest BCUT2D eigenvalue weighted by Gasteiger charge is -2.42. The van der Waals surface area contributed by atoms with Gasteiger partial charge in [0, 0.05) is 44.2 Å². The number of hydrogen-bond acceptors (Lipinski definition) is 8. The van der Waals surface area contributed by atoms with Crippen molar-refractivity contribution in [3.8, 4) is 17.2 Å². The van der Waals surface area contributed by atoms with E-state index in [1.807, 2.05) is 23.1 Å². The lowest BCUT2D eigenvalue weighted by molar-refractivity contribution is -0.135. The van der Waals surface area contributed by atoms with Crippen LogP contribution in [-0.2, 0) is 21.2 Å². The molecule has 0 radical (unpaired) electrons. The van der Waals surface area contributed by atoms with Crippen molar-refractivity contribution in [2.45, 2.75) is 36.2 Å². The minimum absolute atomic E-state index is 0.0391. The standard InChI is InChI=1S/C38H43N5O6S/c1-41-21-19-30(20-22-41)42-23-25-43(26-24-42)38(46)35(27-28-11-15-31(44)16-12-28)39-37(45)29-13-17-33(18-14-29)50(47,48)40-34-9-5-6-10-36(34)49-32-7-3-2-4-8-32/h2-18,30,35,40,44H,19-27H2,1H3,(H,39,45). The summed E-state index contributed by atoms with van der Waals surface area (Å²) in [5.74, 6) is 0.347. The number of rotatable bonds is 11. The molecule has 262 valence electrons. The van der Waals surface area contributed by atoms with Gasteiger partial charge in [0.2, 0.25) is 5.91 Å². The Labute approximate surface area is 293 Å². The van der Waals surface area contributed by atoms with E-state index in [2.05, 4.69) is 26.9 Å². The number of anilines is 1. The first-order valence-electron chi connectivity index (χ1n) is 16.9. The zero-order valence-corrected chi connectivity index (χ0v) is 28.9. The summed E-state index contributed by atoms with van der Waals surface area (Å²) < 4.78 is 35.2. The number of nitrogens with zero attached hydrogens (tertiary/aromatic N) is 3. The van der Waals surface area contributed by atoms with Crippen LogP contribution in [-0.4, -0.2) is 98.4 Å². The quantitative estimate of drug-likeness (QED) is 0.208. The summed E-state index contributed by atoms with van der Waals surface area (Å²) >= 11 is 0. The Bertz CT molecular complexity index is 1860. The molecule has 2 amide bonds. The molecule has 0 spiro atoms. The second-order valence-electron chi connectivity index (χ2n) is 12.8. The second-order valence-corrected chi connectivity index (χ2v) is 14.5. The molecule has 2 saturated heterocycles. The van der Waals surface area contributed by atoms with Crippen LogP contribution in [0.15, 0.2) is 108 Å². The fourth-order valence-electron chi connectivity index (χ4n) is 6.44. The first kappa shape index (κ1) is 34.9. The zero-order chi connectivity index (χ0) is 35.1. The van der Waals surface area contributed by atoms with Gasteiger partial charge >= 0.3 is 0 Å². The first-order chi connectivity index (χ1) is 24.1. The van der Waals surface area contributed by atoms with Crippen molar-refractivity contribution in [3.05, 3.63) is 114 Å². The Kier molecular flexibility index (Phi) is 11.0. The Hall–Kier alpha value is -4.91. The van der Waals surface area contributed by atoms with Gasteiger partial charge in [-0.25, -0.2) is 8.42 Å². The van der Waals surface area contributed by atoms with Crippen molar-refractivity contribution in [1.82, 2.24) is 20.0 Å². The third-order valence-electron chi connectivity index (χ3n) is 9.34. The van der Waals surface area contributed by atoms with Gasteiger partial charge in [0.1, 0.15) is 17.5 Å². The Morgan fingerprint density at radius 2 is 1.46 bits per heavy atom. The van der Waals surface area contributed by atoms with Crippen molar-refractivity contribution in [3.63, 3.8) is 0 Å². The largest absolute Gasteiger partial charge is 0.508 e. The van der Waals surface area contributed by atoms with Gasteiger partial charge in [-0.1, -0.05) is 42.5 Å². The molecule has 2 aliphatic heterocycles. The van der Waals surface area contributed by atoms with Crippen molar-refractivity contribution in [2.75, 3.05) is 51.0 Å². The maximum absolute atomic E-state index is 13.9. The molecule has 1 unspecified atom stereocenters. The molecule has 11 nitrogen and oxygen atoms in total. The number of carbonyl (C=O) groups excluding carboxylic acids is 2. The summed E-state index contributed by atoms with van der Waals surface area (Å²) in [7, 11) is -1.88. The monoisotopic (exact) mass is 697 g/mol. The second kappa shape index (κ2) is 15.8. The molecule has 6 rings (SSSR count). The van der Waals surface area contributed by atoms with E-state index in [0.717, 1.165) is 44.6 Å². The van der Waals surface area contributed by atoms with E-state index in [9.17, 15) is 23.1 Å². The number of phenols is 1. The summed E-state index contributed by atoms with van der Waals surface area (Å²) in [5.41, 5.74) is 1.27. The highest BCUT2D eigenvalue weighted by atomic mass is 32.2. The number of piperidine rings is 1. The molecular weight excluding hydrogens is 655 g/mol. The van der Waals surface area contributed by atoms with Crippen LogP contribution < -0.4 is 14.8 Å². The summed E-state index contributed by atoms with van der Waals surface area (Å²) in [4.78, 5) is 34.0. The fourth-order valence-corrected chi connectivity index (χ4v) is 7.51. The number of hydrogen-bond donors (Lipinski definition) is 3. The van der Waals surface area contributed by atoms with E-state index in [1.165, 1.54) is 24.3 Å². The number of piperazine rings is 1. The molecule has 2 heterocycles. The van der Waals surface area contributed by atoms with Crippen LogP contribution in [0.4, 0.5) is 5.69 Å². The van der Waals surface area contributed by atoms with Gasteiger partial charge in [-0.2, -0.15) is 0 Å². The van der Waals surface area contributed by atoms with Crippen LogP contribution >= 0.6 is 0 Å². The van der Waals surface area contributed by atoms with Crippen LogP contribution in [0.1, 0.15) is 28.8 Å². The van der Waals surface area contributed by atoms with E-state index in [0.29, 0.717) is 30.6 Å². The molecule has 50 heavy (non-hydrogen) atoms. The predicted molar refractivity (Wildman–Crippen MR) is 192 cm³/mol. The molecule has 0 aliphatic carbocycles. The molecule has 0 aromatic heterocycles. The average molecular weight is 698 g/mol. The highest BCUT2D eigenvalue weighted by Crippen LogP contribution is 2.31. The molecule has 4 aromatic carbocycles. The van der Waals surface area contributed by atoms with Crippen molar-refractivity contribution >= 4 is 27.5 Å². The maximum Gasteiger partial charge on any atom is 0.262 e. The summed E-state index contributed by atoms with van der Waals surface area (Å²) in [6.07, 6.45) is 2.48. The van der Waals surface area contributed by atoms with Crippen LogP contribution in [0.5, 0.6) is 17.2 Å². The van der Waals surface area contributed by atoms with Crippen LogP contribution in [0.3, 0.4) is 0 Å². The van der Waals surface area contributed by atoms with Crippen LogP contribution in [0.2, 0.25) is 0 Å². The number of benzene rings is 4. The topological polar surface area (TPSA) is 132 Å². The molecule has 2 fully saturated rings. The minimum atomic E-state index is -4.03. The third kappa shape index (κ3) is 8.81. The van der Waals surface area contributed by atoms with Crippen molar-refractivity contribution < 1.29 is 27.9 Å². The molecular formula is C38H43N5O6S. The Morgan fingerprint density at radius 3 is 2.14 bits per heavy atom. The predicted octanol–water partition coefficient (Wildman–Crippen LogP) is 4.56. The smallest absolute Gasteiger partial charge is 0.262 e. The van der Waals surface area contributed by atoms with E-state index < -0.39 is 22.0 Å². The van der Waals surface area contributed by atoms with Gasteiger partial charge in [-0.3, -0.25) is 19.2 Å². The molecule has 0 bridgehead atoms. The molecule has 3 N–H and O–H groups in total. The summed E-state index contributed by atoms with van der Waals surface area (Å²) in [5, 5.41) is 12.7. The number of aromatic hydroxyl groups is 1. The maximum atomic E-state index is 13.9. The molecule has 0 saturated carbocycles. The van der Waals surface area contributed by atoms with Crippen LogP contribution in [0, 0.1) is 0 Å². The molecule has 2 aliphatic rings. The van der Waals surface area contributed by atoms with E-state index in [1.54, 1.807) is 60.7 Å². The van der Waals surface area contributed by atoms with E-state index in [-0.39, 0.29) is 34.2 Å². The summed E-state index contributed by atoms with van der Waals surface area (Å²) in [6, 6.07) is 27.6. The highest BCUT2D eigenvalue weighted by molar-refractivity contribution is 7.92. The lowest BCUT2D eigenvalue weighted by atomic mass is 10.0. The number of nitrogens with one attached hydrogen (secondary N) is 2. The fraction of sp³-hybridized carbons (Fsp3) is 0.316. The van der Waals surface area contributed by atoms with Crippen molar-refractivity contribution in [1.29, 1.82) is 0 Å². The zero-order valence-electron chi connectivity index (χ0n) is 28.1. The van der Waals surface area contributed by atoms with Gasteiger partial charge < -0.3 is 25.0 Å². The third-order valence-corrected chi connectivity index (χ3v) is 10.7. The highest BCUT2D eigenvalue weighted by Gasteiger charge is 2.32. The minimum Gasteiger partial charge on any atom is -0.508 e. The van der Waals surface area contributed by atoms with E-state index >= 15 is 0 Å². The number of ether oxygens (including phenoxy) is 1. The first-order valence-corrected chi connectivity index (χ1v) is 18.4. The van der Waals surface area contributed by atoms with Gasteiger partial charge in [-0.05, 0) is 99.2 Å². The van der Waals surface area contributed by atoms with Crippen molar-refractivity contribution in [2.24, 2.45) is 0 Å². The van der Waals surface area contributed by atoms with Gasteiger partial charge in [0.15, 0.2) is 5.75 Å². The van der Waals surface area contributed by atoms with Gasteiger partial charge in [-0.15, -0.1) is 0 Å². The average Bonchev–Trinajstić information content (AvgIpc) is 3.13. The molecule has 12 heteroatoms. The molecule has 4 aromatic rings. The number of amides is 2. The van der Waals surface area contributed by atoms with E-state index in [4.69, 9.17) is 4.74 Å². The number of likely N-dealkylation sites (tertiary alicyclic amines) is 1. The Morgan fingerprint density at radius 1 is 0.820 bits per heavy atom.